The fraction of sp³-hybridized carbons (Fsp3) is 0.360. The van der Waals surface area contributed by atoms with Gasteiger partial charge in [0.25, 0.3) is 5.91 Å². The van der Waals surface area contributed by atoms with Crippen molar-refractivity contribution < 1.29 is 18.7 Å². The average molecular weight is 434 g/mol. The zero-order valence-electron chi connectivity index (χ0n) is 18.3. The smallest absolute Gasteiger partial charge is 0.275 e. The summed E-state index contributed by atoms with van der Waals surface area (Å²) in [6.45, 7) is 5.84. The molecule has 0 atom stereocenters. The quantitative estimate of drug-likeness (QED) is 0.558. The lowest BCUT2D eigenvalue weighted by molar-refractivity contribution is 0.0787. The predicted molar refractivity (Wildman–Crippen MR) is 118 cm³/mol. The van der Waals surface area contributed by atoms with E-state index in [0.29, 0.717) is 24.7 Å². The van der Waals surface area contributed by atoms with E-state index >= 15 is 0 Å². The molecule has 7 nitrogen and oxygen atoms in total. The van der Waals surface area contributed by atoms with Gasteiger partial charge in [0.05, 0.1) is 6.54 Å². The fourth-order valence-corrected chi connectivity index (χ4v) is 4.17. The van der Waals surface area contributed by atoms with Crippen LogP contribution in [-0.2, 0) is 19.6 Å². The van der Waals surface area contributed by atoms with Gasteiger partial charge in [-0.1, -0.05) is 35.9 Å². The molecule has 0 saturated carbocycles. The maximum Gasteiger partial charge on any atom is 0.275 e. The number of hydrogen-bond acceptors (Lipinski definition) is 6. The first-order valence-electron chi connectivity index (χ1n) is 11.0. The maximum atomic E-state index is 12.6. The number of carbonyl (C=O) groups excluding carboxylic acids is 1. The van der Waals surface area contributed by atoms with Crippen LogP contribution in [0.4, 0.5) is 0 Å². The molecule has 3 aromatic rings. The monoisotopic (exact) mass is 433 g/mol. The van der Waals surface area contributed by atoms with Crippen LogP contribution >= 0.6 is 0 Å². The number of aromatic nitrogens is 1. The average Bonchev–Trinajstić information content (AvgIpc) is 3.56. The van der Waals surface area contributed by atoms with Gasteiger partial charge in [0, 0.05) is 26.2 Å². The molecule has 0 N–H and O–H groups in total. The van der Waals surface area contributed by atoms with Crippen molar-refractivity contribution in [2.75, 3.05) is 19.9 Å². The third kappa shape index (κ3) is 4.62. The first-order chi connectivity index (χ1) is 15.6. The molecule has 1 fully saturated rings. The normalized spacial score (nSPS) is 15.0. The topological polar surface area (TPSA) is 68.0 Å². The van der Waals surface area contributed by atoms with E-state index in [2.05, 4.69) is 41.1 Å². The number of carbonyl (C=O) groups is 1. The van der Waals surface area contributed by atoms with E-state index < -0.39 is 0 Å². The summed E-state index contributed by atoms with van der Waals surface area (Å²) >= 11 is 0. The summed E-state index contributed by atoms with van der Waals surface area (Å²) in [4.78, 5) is 21.2. The molecule has 1 amide bonds. The highest BCUT2D eigenvalue weighted by molar-refractivity contribution is 5.92. The molecule has 0 aliphatic carbocycles. The summed E-state index contributed by atoms with van der Waals surface area (Å²) in [5, 5.41) is 0. The van der Waals surface area contributed by atoms with Gasteiger partial charge in [-0.25, -0.2) is 4.98 Å². The van der Waals surface area contributed by atoms with Gasteiger partial charge in [-0.15, -0.1) is 0 Å². The molecular formula is C25H27N3O4. The zero-order valence-corrected chi connectivity index (χ0v) is 18.3. The number of likely N-dealkylation sites (tertiary alicyclic amines) is 1. The molecule has 2 aromatic carbocycles. The second-order valence-corrected chi connectivity index (χ2v) is 8.44. The molecule has 2 aliphatic rings. The van der Waals surface area contributed by atoms with Crippen LogP contribution in [0.25, 0.3) is 0 Å². The Morgan fingerprint density at radius 2 is 1.69 bits per heavy atom. The van der Waals surface area contributed by atoms with Crippen LogP contribution in [0.5, 0.6) is 11.5 Å². The number of ether oxygens (including phenoxy) is 2. The Balaban J connectivity index is 1.33. The fourth-order valence-electron chi connectivity index (χ4n) is 4.17. The molecule has 166 valence electrons. The van der Waals surface area contributed by atoms with Crippen molar-refractivity contribution in [3.05, 3.63) is 77.0 Å². The lowest BCUT2D eigenvalue weighted by Gasteiger charge is -2.21. The number of oxazole rings is 1. The molecule has 0 radical (unpaired) electrons. The van der Waals surface area contributed by atoms with Gasteiger partial charge in [0.2, 0.25) is 12.7 Å². The molecule has 1 aromatic heterocycles. The van der Waals surface area contributed by atoms with Crippen LogP contribution in [0.15, 0.2) is 53.1 Å². The molecule has 0 bridgehead atoms. The van der Waals surface area contributed by atoms with E-state index in [-0.39, 0.29) is 12.7 Å². The molecule has 1 saturated heterocycles. The molecule has 5 rings (SSSR count). The minimum atomic E-state index is -0.0432. The number of fused-ring (bicyclic) bond motifs is 1. The van der Waals surface area contributed by atoms with Crippen LogP contribution in [0, 0.1) is 6.92 Å². The van der Waals surface area contributed by atoms with Gasteiger partial charge >= 0.3 is 0 Å². The van der Waals surface area contributed by atoms with Crippen molar-refractivity contribution in [3.63, 3.8) is 0 Å². The van der Waals surface area contributed by atoms with Crippen molar-refractivity contribution >= 4 is 5.91 Å². The first kappa shape index (κ1) is 20.6. The molecular weight excluding hydrogens is 406 g/mol. The van der Waals surface area contributed by atoms with E-state index in [1.165, 1.54) is 17.4 Å². The first-order valence-corrected chi connectivity index (χ1v) is 11.0. The summed E-state index contributed by atoms with van der Waals surface area (Å²) in [5.74, 6) is 2.04. The summed E-state index contributed by atoms with van der Waals surface area (Å²) < 4.78 is 16.7. The van der Waals surface area contributed by atoms with Crippen molar-refractivity contribution in [3.8, 4) is 11.5 Å². The highest BCUT2D eigenvalue weighted by Gasteiger charge is 2.23. The van der Waals surface area contributed by atoms with Crippen LogP contribution < -0.4 is 9.47 Å². The summed E-state index contributed by atoms with van der Waals surface area (Å²) in [6.07, 6.45) is 3.59. The van der Waals surface area contributed by atoms with Crippen LogP contribution in [0.1, 0.15) is 45.9 Å². The minimum Gasteiger partial charge on any atom is -0.454 e. The minimum absolute atomic E-state index is 0.0432. The summed E-state index contributed by atoms with van der Waals surface area (Å²) in [5.41, 5.74) is 3.94. The molecule has 0 unspecified atom stereocenters. The predicted octanol–water partition coefficient (Wildman–Crippen LogP) is 4.15. The van der Waals surface area contributed by atoms with Gasteiger partial charge in [0.15, 0.2) is 17.2 Å². The summed E-state index contributed by atoms with van der Waals surface area (Å²) in [7, 11) is 0. The number of hydrogen-bond donors (Lipinski definition) is 0. The van der Waals surface area contributed by atoms with E-state index in [9.17, 15) is 4.79 Å². The van der Waals surface area contributed by atoms with Gasteiger partial charge in [0.1, 0.15) is 6.26 Å². The zero-order chi connectivity index (χ0) is 21.9. The maximum absolute atomic E-state index is 12.6. The molecule has 0 spiro atoms. The Labute approximate surface area is 187 Å². The number of nitrogens with zero attached hydrogens (tertiary/aromatic N) is 3. The van der Waals surface area contributed by atoms with E-state index in [4.69, 9.17) is 13.9 Å². The Kier molecular flexibility index (Phi) is 5.81. The Bertz CT molecular complexity index is 1090. The highest BCUT2D eigenvalue weighted by Crippen LogP contribution is 2.33. The molecule has 2 aliphatic heterocycles. The van der Waals surface area contributed by atoms with Crippen molar-refractivity contribution in [1.82, 2.24) is 14.8 Å². The lowest BCUT2D eigenvalue weighted by atomic mass is 10.1. The molecule has 3 heterocycles. The van der Waals surface area contributed by atoms with E-state index in [1.54, 1.807) is 0 Å². The van der Waals surface area contributed by atoms with E-state index in [1.807, 2.05) is 23.1 Å². The SMILES string of the molecule is Cc1ccc(CN(Cc2ccc3c(c2)OCO3)Cc2nc(C(=O)N3CCCC3)co2)cc1. The Morgan fingerprint density at radius 3 is 2.50 bits per heavy atom. The summed E-state index contributed by atoms with van der Waals surface area (Å²) in [6, 6.07) is 14.5. The van der Waals surface area contributed by atoms with Crippen LogP contribution in [0.3, 0.4) is 0 Å². The van der Waals surface area contributed by atoms with E-state index in [0.717, 1.165) is 49.5 Å². The Morgan fingerprint density at radius 1 is 0.969 bits per heavy atom. The lowest BCUT2D eigenvalue weighted by Crippen LogP contribution is -2.28. The second kappa shape index (κ2) is 9.04. The van der Waals surface area contributed by atoms with Gasteiger partial charge in [-0.3, -0.25) is 9.69 Å². The molecule has 7 heteroatoms. The van der Waals surface area contributed by atoms with Crippen molar-refractivity contribution in [2.24, 2.45) is 0 Å². The van der Waals surface area contributed by atoms with Crippen LogP contribution in [-0.4, -0.2) is 40.6 Å². The largest absolute Gasteiger partial charge is 0.454 e. The van der Waals surface area contributed by atoms with Crippen molar-refractivity contribution in [1.29, 1.82) is 0 Å². The number of benzene rings is 2. The van der Waals surface area contributed by atoms with Gasteiger partial charge in [-0.2, -0.15) is 0 Å². The number of rotatable bonds is 7. The molecule has 32 heavy (non-hydrogen) atoms. The third-order valence-corrected chi connectivity index (χ3v) is 5.89. The number of amides is 1. The Hall–Kier alpha value is -3.32. The van der Waals surface area contributed by atoms with Crippen molar-refractivity contribution in [2.45, 2.75) is 39.4 Å². The highest BCUT2D eigenvalue weighted by atomic mass is 16.7. The number of aryl methyl sites for hydroxylation is 1. The van der Waals surface area contributed by atoms with Gasteiger partial charge in [-0.05, 0) is 43.0 Å². The standard InChI is InChI=1S/C25H27N3O4/c1-18-4-6-19(7-5-18)13-27(14-20-8-9-22-23(12-20)32-17-31-22)15-24-26-21(16-30-24)25(29)28-10-2-3-11-28/h4-9,12,16H,2-3,10-11,13-15,17H2,1H3. The van der Waals surface area contributed by atoms with Crippen LogP contribution in [0.2, 0.25) is 0 Å². The third-order valence-electron chi connectivity index (χ3n) is 5.89. The van der Waals surface area contributed by atoms with Gasteiger partial charge < -0.3 is 18.8 Å². The second-order valence-electron chi connectivity index (χ2n) is 8.44.